The predicted molar refractivity (Wildman–Crippen MR) is 147 cm³/mol. The molecule has 3 heterocycles. The Morgan fingerprint density at radius 1 is 1.00 bits per heavy atom. The standard InChI is InChI=1S/C27H27ClIN3O2/c28-20-8-10-21-23(11-9-20)30-24-6-2-1-5-22(24)29-27(21)32-14-12-31(13-15-32)17-19-4-3-7-25-26(16-19)34-18-33-25/h1-2,4-11,16,20,30H,3,12-15,17-18H2. The molecule has 5 aliphatic rings. The summed E-state index contributed by atoms with van der Waals surface area (Å²) >= 11 is 6.12. The molecular formula is C27H27ClIN3O2. The summed E-state index contributed by atoms with van der Waals surface area (Å²) in [6.45, 7) is 5.42. The van der Waals surface area contributed by atoms with E-state index < -0.39 is 0 Å². The number of nitrogens with zero attached hydrogens (tertiary/aromatic N) is 2. The number of rotatable bonds is 3. The maximum Gasteiger partial charge on any atom is 0.231 e. The molecule has 5 nitrogen and oxygen atoms in total. The van der Waals surface area contributed by atoms with Gasteiger partial charge in [0.05, 0.1) is 14.7 Å². The minimum Gasteiger partial charge on any atom is -0.454 e. The Hall–Kier alpha value is -2.13. The second-order valence-electron chi connectivity index (χ2n) is 8.74. The molecule has 0 amide bonds. The molecule has 1 aromatic carbocycles. The Bertz CT molecular complexity index is 1200. The minimum absolute atomic E-state index is 0.0773. The van der Waals surface area contributed by atoms with E-state index in [9.17, 15) is 0 Å². The lowest BCUT2D eigenvalue weighted by Gasteiger charge is -2.36. The fourth-order valence-corrected chi connectivity index (χ4v) is 7.94. The molecule has 2 aliphatic carbocycles. The van der Waals surface area contributed by atoms with Gasteiger partial charge in [0, 0.05) is 47.6 Å². The Balaban J connectivity index is 1.21. The van der Waals surface area contributed by atoms with Crippen molar-refractivity contribution in [2.24, 2.45) is 0 Å². The minimum atomic E-state index is -0.321. The molecule has 7 heteroatoms. The number of ether oxygens (including phenoxy) is 2. The van der Waals surface area contributed by atoms with Crippen molar-refractivity contribution in [2.45, 2.75) is 11.8 Å². The molecule has 0 radical (unpaired) electrons. The van der Waals surface area contributed by atoms with Crippen LogP contribution in [0.3, 0.4) is 0 Å². The first-order valence-corrected chi connectivity index (χ1v) is 14.3. The maximum absolute atomic E-state index is 6.44. The summed E-state index contributed by atoms with van der Waals surface area (Å²) in [6.07, 6.45) is 16.0. The molecule has 3 aliphatic heterocycles. The normalized spacial score (nSPS) is 24.8. The molecule has 1 aromatic rings. The van der Waals surface area contributed by atoms with Gasteiger partial charge >= 0.3 is 0 Å². The molecule has 1 N–H and O–H groups in total. The van der Waals surface area contributed by atoms with Gasteiger partial charge in [-0.2, -0.15) is 0 Å². The quantitative estimate of drug-likeness (QED) is 0.394. The Kier molecular flexibility index (Phi) is 6.47. The van der Waals surface area contributed by atoms with Crippen LogP contribution in [-0.4, -0.2) is 58.3 Å². The maximum atomic E-state index is 6.44. The van der Waals surface area contributed by atoms with Crippen molar-refractivity contribution in [1.82, 2.24) is 9.80 Å². The van der Waals surface area contributed by atoms with Crippen molar-refractivity contribution in [1.29, 1.82) is 0 Å². The molecule has 1 atom stereocenters. The summed E-state index contributed by atoms with van der Waals surface area (Å²) in [5.41, 5.74) is 4.98. The van der Waals surface area contributed by atoms with Gasteiger partial charge in [0.25, 0.3) is 0 Å². The third-order valence-corrected chi connectivity index (χ3v) is 10.1. The van der Waals surface area contributed by atoms with Crippen molar-refractivity contribution in [2.75, 3.05) is 44.8 Å². The van der Waals surface area contributed by atoms with Gasteiger partial charge in [0.15, 0.2) is 11.5 Å². The van der Waals surface area contributed by atoms with Crippen LogP contribution < -0.4 is 5.32 Å². The highest BCUT2D eigenvalue weighted by Crippen LogP contribution is 2.34. The van der Waals surface area contributed by atoms with E-state index in [1.165, 1.54) is 24.0 Å². The van der Waals surface area contributed by atoms with Crippen LogP contribution >= 0.6 is 32.3 Å². The zero-order chi connectivity index (χ0) is 22.9. The zero-order valence-electron chi connectivity index (χ0n) is 18.8. The van der Waals surface area contributed by atoms with Gasteiger partial charge < -0.3 is 14.8 Å². The van der Waals surface area contributed by atoms with Gasteiger partial charge in [0.2, 0.25) is 6.79 Å². The van der Waals surface area contributed by atoms with Gasteiger partial charge in [-0.3, -0.25) is 9.80 Å². The number of hydrogen-bond acceptors (Lipinski definition) is 5. The molecule has 0 saturated carbocycles. The van der Waals surface area contributed by atoms with Crippen LogP contribution in [0.2, 0.25) is 0 Å². The highest BCUT2D eigenvalue weighted by molar-refractivity contribution is 14.2. The summed E-state index contributed by atoms with van der Waals surface area (Å²) < 4.78 is 14.1. The van der Waals surface area contributed by atoms with Crippen molar-refractivity contribution in [3.05, 3.63) is 98.7 Å². The second kappa shape index (κ2) is 9.85. The fourth-order valence-electron chi connectivity index (χ4n) is 4.66. The van der Waals surface area contributed by atoms with Crippen LogP contribution in [0.15, 0.2) is 95.2 Å². The van der Waals surface area contributed by atoms with E-state index in [0.29, 0.717) is 6.79 Å². The Labute approximate surface area is 215 Å². The highest BCUT2D eigenvalue weighted by Gasteiger charge is 2.26. The van der Waals surface area contributed by atoms with E-state index in [-0.39, 0.29) is 26.1 Å². The van der Waals surface area contributed by atoms with E-state index in [0.717, 1.165) is 56.4 Å². The number of anilines is 1. The summed E-state index contributed by atoms with van der Waals surface area (Å²) in [5.74, 6) is 1.75. The third-order valence-electron chi connectivity index (χ3n) is 6.47. The van der Waals surface area contributed by atoms with Crippen molar-refractivity contribution >= 4 is 41.7 Å². The zero-order valence-corrected chi connectivity index (χ0v) is 21.8. The van der Waals surface area contributed by atoms with Crippen molar-refractivity contribution < 1.29 is 9.47 Å². The van der Waals surface area contributed by atoms with Crippen molar-refractivity contribution in [3.8, 4) is 0 Å². The van der Waals surface area contributed by atoms with Gasteiger partial charge in [0.1, 0.15) is 0 Å². The van der Waals surface area contributed by atoms with Gasteiger partial charge in [-0.05, 0) is 42.4 Å². The predicted octanol–water partition coefficient (Wildman–Crippen LogP) is 5.09. The van der Waals surface area contributed by atoms with Gasteiger partial charge in [-0.1, -0.05) is 57.2 Å². The van der Waals surface area contributed by atoms with Crippen LogP contribution in [0.5, 0.6) is 0 Å². The highest BCUT2D eigenvalue weighted by atomic mass is 127. The number of hydrogen-bond donors (Lipinski definition) is 1. The van der Waals surface area contributed by atoms with Crippen molar-refractivity contribution in [3.63, 3.8) is 0 Å². The molecule has 1 unspecified atom stereocenters. The van der Waals surface area contributed by atoms with Crippen LogP contribution in [0.25, 0.3) is 0 Å². The third kappa shape index (κ3) is 4.69. The van der Waals surface area contributed by atoms with Crippen LogP contribution in [0.4, 0.5) is 5.69 Å². The Morgan fingerprint density at radius 3 is 2.74 bits per heavy atom. The topological polar surface area (TPSA) is 37.0 Å². The summed E-state index contributed by atoms with van der Waals surface area (Å²) in [6, 6.07) is 8.73. The molecular weight excluding hydrogens is 561 g/mol. The van der Waals surface area contributed by atoms with E-state index in [1.807, 2.05) is 0 Å². The lowest BCUT2D eigenvalue weighted by molar-refractivity contribution is 0.0973. The molecule has 176 valence electrons. The molecule has 2 saturated heterocycles. The lowest BCUT2D eigenvalue weighted by Crippen LogP contribution is -2.49. The van der Waals surface area contributed by atoms with E-state index in [1.54, 1.807) is 0 Å². The molecule has 34 heavy (non-hydrogen) atoms. The van der Waals surface area contributed by atoms with Crippen LogP contribution in [-0.2, 0) is 9.47 Å². The smallest absolute Gasteiger partial charge is 0.231 e. The van der Waals surface area contributed by atoms with Crippen LogP contribution in [0, 0.1) is 3.57 Å². The van der Waals surface area contributed by atoms with E-state index in [2.05, 4.69) is 81.9 Å². The summed E-state index contributed by atoms with van der Waals surface area (Å²) in [7, 11) is 0. The number of nitrogens with one attached hydrogen (secondary N) is 1. The monoisotopic (exact) mass is 587 g/mol. The van der Waals surface area contributed by atoms with Crippen LogP contribution in [0.1, 0.15) is 6.42 Å². The number of alkyl halides is 1. The largest absolute Gasteiger partial charge is 0.454 e. The molecule has 0 spiro atoms. The molecule has 0 bridgehead atoms. The van der Waals surface area contributed by atoms with E-state index >= 15 is 0 Å². The van der Waals surface area contributed by atoms with E-state index in [4.69, 9.17) is 21.1 Å². The first kappa shape index (κ1) is 22.3. The molecule has 6 rings (SSSR count). The first-order valence-electron chi connectivity index (χ1n) is 11.7. The number of benzene rings is 1. The van der Waals surface area contributed by atoms with Gasteiger partial charge in [-0.25, -0.2) is 0 Å². The number of para-hydroxylation sites is 1. The first-order chi connectivity index (χ1) is 16.7. The Morgan fingerprint density at radius 2 is 1.82 bits per heavy atom. The number of halogens is 2. The molecule has 2 fully saturated rings. The summed E-state index contributed by atoms with van der Waals surface area (Å²) in [4.78, 5) is 5.16. The lowest BCUT2D eigenvalue weighted by atomic mass is 10.1. The number of piperazine rings is 1. The van der Waals surface area contributed by atoms with Gasteiger partial charge in [-0.15, -0.1) is 11.6 Å². The number of allylic oxidation sites excluding steroid dienone is 5. The fraction of sp³-hybridized carbons (Fsp3) is 0.296. The average Bonchev–Trinajstić information content (AvgIpc) is 3.00. The summed E-state index contributed by atoms with van der Waals surface area (Å²) in [5, 5.41) is 3.61. The molecule has 0 aromatic heterocycles. The second-order valence-corrected chi connectivity index (χ2v) is 12.0. The average molecular weight is 588 g/mol. The SMILES string of the molecule is ClC1C=CC2=C(C=C1)C(N1CCN(CC3=CCC=C4OCOC4=C3)CC1)=Ic1ccccc1N2. The number of fused-ring (bicyclic) bond motifs is 2.